The van der Waals surface area contributed by atoms with Gasteiger partial charge in [-0.15, -0.1) is 0 Å². The fourth-order valence-electron chi connectivity index (χ4n) is 2.44. The van der Waals surface area contributed by atoms with Gasteiger partial charge < -0.3 is 24.8 Å². The molecule has 3 rings (SSSR count). The van der Waals surface area contributed by atoms with E-state index in [4.69, 9.17) is 9.47 Å². The van der Waals surface area contributed by atoms with Crippen molar-refractivity contribution < 1.29 is 9.47 Å². The van der Waals surface area contributed by atoms with Gasteiger partial charge in [0, 0.05) is 12.2 Å². The zero-order valence-electron chi connectivity index (χ0n) is 13.1. The molecule has 0 fully saturated rings. The minimum atomic E-state index is -0.201. The molecule has 23 heavy (non-hydrogen) atoms. The molecule has 1 aromatic heterocycles. The summed E-state index contributed by atoms with van der Waals surface area (Å²) in [6.07, 6.45) is 0. The van der Waals surface area contributed by atoms with Crippen molar-refractivity contribution in [3.63, 3.8) is 0 Å². The van der Waals surface area contributed by atoms with Crippen molar-refractivity contribution in [1.29, 1.82) is 0 Å². The number of methoxy groups -OCH3 is 1. The van der Waals surface area contributed by atoms with Gasteiger partial charge in [0.05, 0.1) is 24.8 Å². The smallest absolute Gasteiger partial charge is 0.323 e. The number of imidazole rings is 1. The summed E-state index contributed by atoms with van der Waals surface area (Å²) < 4.78 is 10.9. The van der Waals surface area contributed by atoms with Crippen LogP contribution in [-0.4, -0.2) is 23.7 Å². The SMILES string of the molecule is CCOc1ccc(CNc2ccc3[nH]c(=O)[nH]c3c2)cc1OC. The Morgan fingerprint density at radius 1 is 1.04 bits per heavy atom. The van der Waals surface area contributed by atoms with Crippen LogP contribution in [0.3, 0.4) is 0 Å². The van der Waals surface area contributed by atoms with E-state index in [1.54, 1.807) is 7.11 Å². The highest BCUT2D eigenvalue weighted by atomic mass is 16.5. The largest absolute Gasteiger partial charge is 0.493 e. The minimum Gasteiger partial charge on any atom is -0.493 e. The van der Waals surface area contributed by atoms with Crippen LogP contribution < -0.4 is 20.5 Å². The molecule has 0 aliphatic rings. The number of nitrogens with one attached hydrogen (secondary N) is 3. The molecule has 3 N–H and O–H groups in total. The first-order valence-electron chi connectivity index (χ1n) is 7.45. The zero-order chi connectivity index (χ0) is 16.2. The second-order valence-corrected chi connectivity index (χ2v) is 5.11. The lowest BCUT2D eigenvalue weighted by molar-refractivity contribution is 0.310. The molecule has 0 spiro atoms. The highest BCUT2D eigenvalue weighted by Crippen LogP contribution is 2.28. The predicted octanol–water partition coefficient (Wildman–Crippen LogP) is 2.88. The molecule has 2 aromatic carbocycles. The molecular weight excluding hydrogens is 294 g/mol. The number of ether oxygens (including phenoxy) is 2. The molecule has 6 heteroatoms. The molecule has 120 valence electrons. The lowest BCUT2D eigenvalue weighted by atomic mass is 10.2. The summed E-state index contributed by atoms with van der Waals surface area (Å²) in [5.41, 5.74) is 3.38. The van der Waals surface area contributed by atoms with Gasteiger partial charge in [0.25, 0.3) is 0 Å². The molecule has 0 unspecified atom stereocenters. The fraction of sp³-hybridized carbons (Fsp3) is 0.235. The van der Waals surface area contributed by atoms with Gasteiger partial charge in [0.15, 0.2) is 11.5 Å². The molecule has 0 atom stereocenters. The molecule has 0 amide bonds. The average molecular weight is 313 g/mol. The maximum absolute atomic E-state index is 11.3. The van der Waals surface area contributed by atoms with Crippen molar-refractivity contribution >= 4 is 16.7 Å². The first-order chi connectivity index (χ1) is 11.2. The van der Waals surface area contributed by atoms with E-state index in [1.165, 1.54) is 0 Å². The van der Waals surface area contributed by atoms with Crippen molar-refractivity contribution in [3.05, 3.63) is 52.4 Å². The Balaban J connectivity index is 1.74. The lowest BCUT2D eigenvalue weighted by Crippen LogP contribution is -2.01. The van der Waals surface area contributed by atoms with Crippen LogP contribution in [0, 0.1) is 0 Å². The summed E-state index contributed by atoms with van der Waals surface area (Å²) in [4.78, 5) is 16.8. The molecule has 0 saturated heterocycles. The number of hydrogen-bond donors (Lipinski definition) is 3. The highest BCUT2D eigenvalue weighted by molar-refractivity contribution is 5.78. The first kappa shape index (κ1) is 15.0. The Bertz CT molecular complexity index is 867. The van der Waals surface area contributed by atoms with Crippen molar-refractivity contribution in [2.75, 3.05) is 19.0 Å². The Hall–Kier alpha value is -2.89. The van der Waals surface area contributed by atoms with Crippen LogP contribution in [-0.2, 0) is 6.54 Å². The van der Waals surface area contributed by atoms with Gasteiger partial charge >= 0.3 is 5.69 Å². The zero-order valence-corrected chi connectivity index (χ0v) is 13.1. The van der Waals surface area contributed by atoms with Crippen LogP contribution in [0.25, 0.3) is 11.0 Å². The van der Waals surface area contributed by atoms with Gasteiger partial charge in [0.2, 0.25) is 0 Å². The molecule has 0 aliphatic carbocycles. The molecule has 3 aromatic rings. The summed E-state index contributed by atoms with van der Waals surface area (Å²) in [6.45, 7) is 3.18. The number of fused-ring (bicyclic) bond motifs is 1. The topological polar surface area (TPSA) is 79.1 Å². The number of benzene rings is 2. The van der Waals surface area contributed by atoms with E-state index >= 15 is 0 Å². The highest BCUT2D eigenvalue weighted by Gasteiger charge is 2.06. The number of anilines is 1. The van der Waals surface area contributed by atoms with Crippen LogP contribution in [0.5, 0.6) is 11.5 Å². The normalized spacial score (nSPS) is 10.7. The predicted molar refractivity (Wildman–Crippen MR) is 90.4 cm³/mol. The van der Waals surface area contributed by atoms with Crippen LogP contribution >= 0.6 is 0 Å². The summed E-state index contributed by atoms with van der Waals surface area (Å²) in [7, 11) is 1.63. The Morgan fingerprint density at radius 2 is 1.87 bits per heavy atom. The molecule has 1 heterocycles. The van der Waals surface area contributed by atoms with Gasteiger partial charge in [-0.25, -0.2) is 4.79 Å². The van der Waals surface area contributed by atoms with Gasteiger partial charge in [-0.1, -0.05) is 6.07 Å². The minimum absolute atomic E-state index is 0.201. The number of rotatable bonds is 6. The molecule has 6 nitrogen and oxygen atoms in total. The maximum Gasteiger partial charge on any atom is 0.323 e. The monoisotopic (exact) mass is 313 g/mol. The van der Waals surface area contributed by atoms with Crippen molar-refractivity contribution in [2.24, 2.45) is 0 Å². The number of hydrogen-bond acceptors (Lipinski definition) is 4. The Morgan fingerprint density at radius 3 is 2.65 bits per heavy atom. The average Bonchev–Trinajstić information content (AvgIpc) is 2.93. The van der Waals surface area contributed by atoms with E-state index in [0.29, 0.717) is 13.2 Å². The van der Waals surface area contributed by atoms with E-state index in [0.717, 1.165) is 33.8 Å². The van der Waals surface area contributed by atoms with Gasteiger partial charge in [0.1, 0.15) is 0 Å². The Kier molecular flexibility index (Phi) is 4.23. The molecule has 0 saturated carbocycles. The number of aromatic nitrogens is 2. The van der Waals surface area contributed by atoms with E-state index < -0.39 is 0 Å². The molecule has 0 radical (unpaired) electrons. The van der Waals surface area contributed by atoms with E-state index in [1.807, 2.05) is 43.3 Å². The van der Waals surface area contributed by atoms with E-state index in [9.17, 15) is 4.79 Å². The Labute approximate surface area is 133 Å². The molecule has 0 bridgehead atoms. The first-order valence-corrected chi connectivity index (χ1v) is 7.45. The van der Waals surface area contributed by atoms with Crippen LogP contribution in [0.2, 0.25) is 0 Å². The summed E-state index contributed by atoms with van der Waals surface area (Å²) in [5, 5.41) is 3.33. The third-order valence-electron chi connectivity index (χ3n) is 3.54. The van der Waals surface area contributed by atoms with Gasteiger partial charge in [-0.05, 0) is 42.8 Å². The summed E-state index contributed by atoms with van der Waals surface area (Å²) in [6, 6.07) is 11.6. The van der Waals surface area contributed by atoms with Crippen molar-refractivity contribution in [1.82, 2.24) is 9.97 Å². The van der Waals surface area contributed by atoms with Crippen LogP contribution in [0.15, 0.2) is 41.2 Å². The van der Waals surface area contributed by atoms with Gasteiger partial charge in [-0.2, -0.15) is 0 Å². The molecule has 0 aliphatic heterocycles. The van der Waals surface area contributed by atoms with Crippen molar-refractivity contribution in [3.8, 4) is 11.5 Å². The third-order valence-corrected chi connectivity index (χ3v) is 3.54. The number of H-pyrrole nitrogens is 2. The quantitative estimate of drug-likeness (QED) is 0.654. The standard InChI is InChI=1S/C17H19N3O3/c1-3-23-15-7-4-11(8-16(15)22-2)10-18-12-5-6-13-14(9-12)20-17(21)19-13/h4-9,18H,3,10H2,1-2H3,(H2,19,20,21). The lowest BCUT2D eigenvalue weighted by Gasteiger charge is -2.12. The number of aromatic amines is 2. The summed E-state index contributed by atoms with van der Waals surface area (Å²) in [5.74, 6) is 1.46. The second-order valence-electron chi connectivity index (χ2n) is 5.11. The van der Waals surface area contributed by atoms with E-state index in [-0.39, 0.29) is 5.69 Å². The molecular formula is C17H19N3O3. The maximum atomic E-state index is 11.3. The van der Waals surface area contributed by atoms with E-state index in [2.05, 4.69) is 15.3 Å². The van der Waals surface area contributed by atoms with Gasteiger partial charge in [-0.3, -0.25) is 0 Å². The van der Waals surface area contributed by atoms with Crippen molar-refractivity contribution in [2.45, 2.75) is 13.5 Å². The third kappa shape index (κ3) is 3.31. The second kappa shape index (κ2) is 6.48. The summed E-state index contributed by atoms with van der Waals surface area (Å²) >= 11 is 0. The van der Waals surface area contributed by atoms with Crippen LogP contribution in [0.4, 0.5) is 5.69 Å². The van der Waals surface area contributed by atoms with Crippen LogP contribution in [0.1, 0.15) is 12.5 Å². The fourth-order valence-corrected chi connectivity index (χ4v) is 2.44.